The Hall–Kier alpha value is -0.640. The van der Waals surface area contributed by atoms with Crippen molar-refractivity contribution in [3.8, 4) is 0 Å². The van der Waals surface area contributed by atoms with E-state index in [0.29, 0.717) is 10.6 Å². The molecule has 0 unspecified atom stereocenters. The fourth-order valence-corrected chi connectivity index (χ4v) is 1.50. The van der Waals surface area contributed by atoms with Crippen LogP contribution in [0.1, 0.15) is 5.56 Å². The smallest absolute Gasteiger partial charge is 0.166 e. The van der Waals surface area contributed by atoms with Crippen molar-refractivity contribution in [1.29, 1.82) is 0 Å². The van der Waals surface area contributed by atoms with Crippen molar-refractivity contribution in [3.63, 3.8) is 0 Å². The summed E-state index contributed by atoms with van der Waals surface area (Å²) in [5, 5.41) is 0. The van der Waals surface area contributed by atoms with Gasteiger partial charge in [-0.2, -0.15) is 13.2 Å². The molecule has 4 heteroatoms. The largest absolute Gasteiger partial charge is 0.416 e. The van der Waals surface area contributed by atoms with Crippen LogP contribution in [0.3, 0.4) is 0 Å². The Labute approximate surface area is 79.1 Å². The summed E-state index contributed by atoms with van der Waals surface area (Å²) < 4.78 is 36.5. The number of hydrogen-bond acceptors (Lipinski definition) is 1. The summed E-state index contributed by atoms with van der Waals surface area (Å²) in [5.74, 6) is 0.529. The number of alkyl halides is 3. The van der Waals surface area contributed by atoms with Crippen LogP contribution in [0.4, 0.5) is 13.2 Å². The Morgan fingerprint density at radius 1 is 1.31 bits per heavy atom. The molecular weight excluding hydrogens is 197 g/mol. The molecule has 0 heterocycles. The quantitative estimate of drug-likeness (QED) is 0.664. The first-order chi connectivity index (χ1) is 6.04. The van der Waals surface area contributed by atoms with Gasteiger partial charge in [0, 0.05) is 4.90 Å². The highest BCUT2D eigenvalue weighted by Gasteiger charge is 2.30. The Kier molecular flexibility index (Phi) is 3.25. The third-order valence-electron chi connectivity index (χ3n) is 1.43. The van der Waals surface area contributed by atoms with Gasteiger partial charge in [0.15, 0.2) is 0 Å². The molecule has 1 aromatic rings. The van der Waals surface area contributed by atoms with Crippen molar-refractivity contribution in [1.82, 2.24) is 0 Å². The Morgan fingerprint density at radius 3 is 2.54 bits per heavy atom. The highest BCUT2D eigenvalue weighted by atomic mass is 32.2. The first-order valence-electron chi connectivity index (χ1n) is 3.63. The normalized spacial score (nSPS) is 11.7. The molecule has 0 saturated carbocycles. The molecule has 0 atom stereocenters. The molecule has 1 rings (SSSR count). The van der Waals surface area contributed by atoms with E-state index in [1.54, 1.807) is 6.07 Å². The van der Waals surface area contributed by atoms with Crippen LogP contribution in [-0.2, 0) is 6.18 Å². The van der Waals surface area contributed by atoms with E-state index < -0.39 is 11.7 Å². The van der Waals surface area contributed by atoms with E-state index in [4.69, 9.17) is 0 Å². The van der Waals surface area contributed by atoms with E-state index in [1.165, 1.54) is 17.8 Å². The van der Waals surface area contributed by atoms with Gasteiger partial charge < -0.3 is 0 Å². The Bertz CT molecular complexity index is 280. The molecule has 0 aliphatic rings. The van der Waals surface area contributed by atoms with Crippen molar-refractivity contribution in [2.45, 2.75) is 11.1 Å². The maximum Gasteiger partial charge on any atom is 0.416 e. The number of halogens is 3. The molecule has 71 valence electrons. The molecule has 1 radical (unpaired) electrons. The minimum atomic E-state index is -4.25. The van der Waals surface area contributed by atoms with Crippen LogP contribution in [0.25, 0.3) is 0 Å². The molecule has 0 saturated heterocycles. The Balaban J connectivity index is 2.92. The molecule has 13 heavy (non-hydrogen) atoms. The second-order valence-corrected chi connectivity index (χ2v) is 3.54. The van der Waals surface area contributed by atoms with Gasteiger partial charge in [-0.15, -0.1) is 11.8 Å². The minimum Gasteiger partial charge on any atom is -0.166 e. The van der Waals surface area contributed by atoms with Crippen molar-refractivity contribution in [2.24, 2.45) is 0 Å². The van der Waals surface area contributed by atoms with Crippen LogP contribution < -0.4 is 0 Å². The molecular formula is C9H8F3S. The summed E-state index contributed by atoms with van der Waals surface area (Å²) >= 11 is 1.29. The zero-order chi connectivity index (χ0) is 9.90. The molecule has 0 amide bonds. The second kappa shape index (κ2) is 4.05. The summed E-state index contributed by atoms with van der Waals surface area (Å²) in [6, 6.07) is 5.24. The van der Waals surface area contributed by atoms with Gasteiger partial charge in [-0.3, -0.25) is 0 Å². The van der Waals surface area contributed by atoms with E-state index in [1.807, 2.05) is 0 Å². The lowest BCUT2D eigenvalue weighted by molar-refractivity contribution is -0.137. The number of thioether (sulfide) groups is 1. The molecule has 0 aromatic heterocycles. The van der Waals surface area contributed by atoms with Crippen LogP contribution in [0.5, 0.6) is 0 Å². The lowest BCUT2D eigenvalue weighted by Crippen LogP contribution is -2.04. The van der Waals surface area contributed by atoms with E-state index in [-0.39, 0.29) is 0 Å². The average Bonchev–Trinajstić information content (AvgIpc) is 2.04. The second-order valence-electron chi connectivity index (χ2n) is 2.37. The SMILES string of the molecule is [CH2]CSc1cccc(C(F)(F)F)c1. The van der Waals surface area contributed by atoms with Crippen LogP contribution in [-0.4, -0.2) is 5.75 Å². The predicted molar refractivity (Wildman–Crippen MR) is 47.5 cm³/mol. The molecule has 0 spiro atoms. The maximum absolute atomic E-state index is 12.2. The maximum atomic E-state index is 12.2. The van der Waals surface area contributed by atoms with E-state index >= 15 is 0 Å². The lowest BCUT2D eigenvalue weighted by Gasteiger charge is -2.07. The van der Waals surface area contributed by atoms with Crippen molar-refractivity contribution < 1.29 is 13.2 Å². The summed E-state index contributed by atoms with van der Waals surface area (Å²) in [6.45, 7) is 3.55. The molecule has 0 aliphatic heterocycles. The number of rotatable bonds is 2. The zero-order valence-electron chi connectivity index (χ0n) is 6.77. The van der Waals surface area contributed by atoms with Gasteiger partial charge in [-0.05, 0) is 30.9 Å². The van der Waals surface area contributed by atoms with Gasteiger partial charge in [0.1, 0.15) is 0 Å². The third kappa shape index (κ3) is 2.95. The topological polar surface area (TPSA) is 0 Å². The molecule has 0 N–H and O–H groups in total. The fourth-order valence-electron chi connectivity index (χ4n) is 0.880. The van der Waals surface area contributed by atoms with Crippen LogP contribution in [0.15, 0.2) is 29.2 Å². The predicted octanol–water partition coefficient (Wildman–Crippen LogP) is 3.63. The fraction of sp³-hybridized carbons (Fsp3) is 0.222. The molecule has 0 fully saturated rings. The third-order valence-corrected chi connectivity index (χ3v) is 2.22. The van der Waals surface area contributed by atoms with Gasteiger partial charge in [0.2, 0.25) is 0 Å². The van der Waals surface area contributed by atoms with Crippen molar-refractivity contribution in [2.75, 3.05) is 5.75 Å². The van der Waals surface area contributed by atoms with Gasteiger partial charge >= 0.3 is 6.18 Å². The highest BCUT2D eigenvalue weighted by Crippen LogP contribution is 2.31. The van der Waals surface area contributed by atoms with E-state index in [9.17, 15) is 13.2 Å². The van der Waals surface area contributed by atoms with Crippen LogP contribution in [0.2, 0.25) is 0 Å². The van der Waals surface area contributed by atoms with E-state index in [0.717, 1.165) is 12.1 Å². The average molecular weight is 205 g/mol. The molecule has 0 bridgehead atoms. The first kappa shape index (κ1) is 10.4. The molecule has 0 aliphatic carbocycles. The van der Waals surface area contributed by atoms with Crippen molar-refractivity contribution >= 4 is 11.8 Å². The van der Waals surface area contributed by atoms with Gasteiger partial charge in [-0.1, -0.05) is 6.07 Å². The van der Waals surface area contributed by atoms with Gasteiger partial charge in [0.05, 0.1) is 5.56 Å². The standard InChI is InChI=1S/C9H8F3S/c1-2-13-8-5-3-4-7(6-8)9(10,11)12/h3-6H,1-2H2. The number of hydrogen-bond donors (Lipinski definition) is 0. The van der Waals surface area contributed by atoms with Gasteiger partial charge in [-0.25, -0.2) is 0 Å². The minimum absolute atomic E-state index is 0.529. The van der Waals surface area contributed by atoms with Crippen LogP contribution in [0, 0.1) is 6.92 Å². The van der Waals surface area contributed by atoms with E-state index in [2.05, 4.69) is 6.92 Å². The van der Waals surface area contributed by atoms with Crippen LogP contribution >= 0.6 is 11.8 Å². The zero-order valence-corrected chi connectivity index (χ0v) is 7.58. The summed E-state index contributed by atoms with van der Waals surface area (Å²) in [5.41, 5.74) is -0.606. The Morgan fingerprint density at radius 2 is 2.00 bits per heavy atom. The van der Waals surface area contributed by atoms with Crippen molar-refractivity contribution in [3.05, 3.63) is 36.8 Å². The highest BCUT2D eigenvalue weighted by molar-refractivity contribution is 7.99. The lowest BCUT2D eigenvalue weighted by atomic mass is 10.2. The first-order valence-corrected chi connectivity index (χ1v) is 4.62. The monoisotopic (exact) mass is 205 g/mol. The summed E-state index contributed by atoms with van der Waals surface area (Å²) in [6.07, 6.45) is -4.25. The summed E-state index contributed by atoms with van der Waals surface area (Å²) in [4.78, 5) is 0.602. The number of benzene rings is 1. The van der Waals surface area contributed by atoms with Gasteiger partial charge in [0.25, 0.3) is 0 Å². The summed E-state index contributed by atoms with van der Waals surface area (Å²) in [7, 11) is 0. The molecule has 0 nitrogen and oxygen atoms in total. The molecule has 1 aromatic carbocycles.